The van der Waals surface area contributed by atoms with E-state index in [-0.39, 0.29) is 16.4 Å². The lowest BCUT2D eigenvalue weighted by Gasteiger charge is -2.06. The van der Waals surface area contributed by atoms with Gasteiger partial charge in [-0.05, 0) is 24.3 Å². The van der Waals surface area contributed by atoms with E-state index in [2.05, 4.69) is 19.9 Å². The van der Waals surface area contributed by atoms with Gasteiger partial charge < -0.3 is 5.73 Å². The Morgan fingerprint density at radius 3 is 2.70 bits per heavy atom. The van der Waals surface area contributed by atoms with Crippen molar-refractivity contribution in [3.05, 3.63) is 48.0 Å². The molecule has 2 aromatic heterocycles. The average molecular weight is 309 g/mol. The van der Waals surface area contributed by atoms with Crippen LogP contribution in [0.25, 0.3) is 0 Å². The molecule has 0 spiro atoms. The third-order valence-electron chi connectivity index (χ3n) is 2.37. The molecule has 0 saturated heterocycles. The highest BCUT2D eigenvalue weighted by Crippen LogP contribution is 2.08. The molecule has 0 aliphatic carbocycles. The quantitative estimate of drug-likeness (QED) is 0.747. The molecule has 0 amide bonds. The van der Waals surface area contributed by atoms with Crippen LogP contribution in [0.4, 0.5) is 0 Å². The molecule has 20 heavy (non-hydrogen) atoms. The van der Waals surface area contributed by atoms with Crippen LogP contribution >= 0.6 is 12.2 Å². The van der Waals surface area contributed by atoms with E-state index in [4.69, 9.17) is 18.0 Å². The molecule has 0 atom stereocenters. The highest BCUT2D eigenvalue weighted by molar-refractivity contribution is 7.89. The Bertz CT molecular complexity index is 701. The van der Waals surface area contributed by atoms with Gasteiger partial charge in [0.15, 0.2) is 0 Å². The second kappa shape index (κ2) is 5.99. The zero-order valence-electron chi connectivity index (χ0n) is 10.2. The van der Waals surface area contributed by atoms with Crippen molar-refractivity contribution in [2.75, 3.05) is 0 Å². The van der Waals surface area contributed by atoms with Crippen molar-refractivity contribution in [2.45, 2.75) is 11.4 Å². The van der Waals surface area contributed by atoms with Crippen molar-refractivity contribution in [3.63, 3.8) is 0 Å². The number of thiocarbonyl (C=S) groups is 1. The third-order valence-corrected chi connectivity index (χ3v) is 3.97. The lowest BCUT2D eigenvalue weighted by Crippen LogP contribution is -2.24. The van der Waals surface area contributed by atoms with Crippen LogP contribution in [0.2, 0.25) is 0 Å². The molecule has 0 saturated carbocycles. The van der Waals surface area contributed by atoms with Gasteiger partial charge >= 0.3 is 0 Å². The van der Waals surface area contributed by atoms with Crippen LogP contribution in [0.3, 0.4) is 0 Å². The maximum atomic E-state index is 12.0. The van der Waals surface area contributed by atoms with Crippen LogP contribution in [-0.4, -0.2) is 28.6 Å². The van der Waals surface area contributed by atoms with Gasteiger partial charge in [-0.3, -0.25) is 4.98 Å². The summed E-state index contributed by atoms with van der Waals surface area (Å²) < 4.78 is 26.5. The fourth-order valence-electron chi connectivity index (χ4n) is 1.37. The number of hydrogen-bond donors (Lipinski definition) is 2. The Hall–Kier alpha value is -1.97. The summed E-state index contributed by atoms with van der Waals surface area (Å²) in [4.78, 5) is 4.03. The van der Waals surface area contributed by atoms with Crippen LogP contribution in [0.1, 0.15) is 11.4 Å². The fourth-order valence-corrected chi connectivity index (χ4v) is 2.43. The van der Waals surface area contributed by atoms with Gasteiger partial charge in [0.05, 0.1) is 17.9 Å². The van der Waals surface area contributed by atoms with Gasteiger partial charge in [-0.25, -0.2) is 13.1 Å². The minimum Gasteiger partial charge on any atom is -0.388 e. The largest absolute Gasteiger partial charge is 0.388 e. The van der Waals surface area contributed by atoms with E-state index >= 15 is 0 Å². The Morgan fingerprint density at radius 1 is 1.35 bits per heavy atom. The maximum Gasteiger partial charge on any atom is 0.242 e. The number of aromatic nitrogens is 3. The molecule has 2 aromatic rings. The molecule has 0 aliphatic rings. The molecule has 0 radical (unpaired) electrons. The van der Waals surface area contributed by atoms with Gasteiger partial charge in [-0.2, -0.15) is 10.2 Å². The molecule has 2 rings (SSSR count). The predicted molar refractivity (Wildman–Crippen MR) is 76.2 cm³/mol. The number of hydrogen-bond acceptors (Lipinski definition) is 6. The van der Waals surface area contributed by atoms with E-state index in [0.29, 0.717) is 11.4 Å². The first kappa shape index (κ1) is 14.4. The SMILES string of the molecule is NC(=S)c1ccc(S(=O)(=O)NCc2cccnn2)cn1. The van der Waals surface area contributed by atoms with E-state index < -0.39 is 10.0 Å². The van der Waals surface area contributed by atoms with Crippen LogP contribution in [0.5, 0.6) is 0 Å². The molecule has 0 fully saturated rings. The van der Waals surface area contributed by atoms with Gasteiger partial charge in [-0.1, -0.05) is 12.2 Å². The summed E-state index contributed by atoms with van der Waals surface area (Å²) in [7, 11) is -3.67. The van der Waals surface area contributed by atoms with Crippen molar-refractivity contribution >= 4 is 27.2 Å². The zero-order valence-corrected chi connectivity index (χ0v) is 11.9. The smallest absolute Gasteiger partial charge is 0.242 e. The molecule has 9 heteroatoms. The van der Waals surface area contributed by atoms with Gasteiger partial charge in [0.25, 0.3) is 0 Å². The highest BCUT2D eigenvalue weighted by Gasteiger charge is 2.14. The second-order valence-corrected chi connectivity index (χ2v) is 5.99. The summed E-state index contributed by atoms with van der Waals surface area (Å²) in [5.74, 6) is 0. The lowest BCUT2D eigenvalue weighted by molar-refractivity contribution is 0.579. The van der Waals surface area contributed by atoms with Crippen LogP contribution < -0.4 is 10.5 Å². The summed E-state index contributed by atoms with van der Waals surface area (Å²) in [6, 6.07) is 6.19. The van der Waals surface area contributed by atoms with Gasteiger partial charge in [0.2, 0.25) is 10.0 Å². The molecule has 7 nitrogen and oxygen atoms in total. The van der Waals surface area contributed by atoms with Crippen molar-refractivity contribution in [1.82, 2.24) is 19.9 Å². The molecule has 0 aliphatic heterocycles. The van der Waals surface area contributed by atoms with E-state index in [1.165, 1.54) is 24.5 Å². The van der Waals surface area contributed by atoms with Gasteiger partial charge in [0.1, 0.15) is 9.88 Å². The molecular formula is C11H11N5O2S2. The average Bonchev–Trinajstić information content (AvgIpc) is 2.46. The number of pyridine rings is 1. The van der Waals surface area contributed by atoms with Crippen molar-refractivity contribution < 1.29 is 8.42 Å². The Kier molecular flexibility index (Phi) is 4.32. The van der Waals surface area contributed by atoms with Crippen molar-refractivity contribution in [3.8, 4) is 0 Å². The summed E-state index contributed by atoms with van der Waals surface area (Å²) in [6.07, 6.45) is 2.71. The van der Waals surface area contributed by atoms with E-state index in [1.807, 2.05) is 0 Å². The summed E-state index contributed by atoms with van der Waals surface area (Å²) >= 11 is 4.75. The summed E-state index contributed by atoms with van der Waals surface area (Å²) in [6.45, 7) is 0.0488. The van der Waals surface area contributed by atoms with Crippen LogP contribution in [0.15, 0.2) is 41.6 Å². The minimum absolute atomic E-state index is 0.0291. The normalized spacial score (nSPS) is 11.2. The van der Waals surface area contributed by atoms with Crippen LogP contribution in [-0.2, 0) is 16.6 Å². The first-order valence-corrected chi connectivity index (χ1v) is 7.40. The molecule has 0 unspecified atom stereocenters. The minimum atomic E-state index is -3.67. The van der Waals surface area contributed by atoms with Crippen LogP contribution in [0, 0.1) is 0 Å². The number of rotatable bonds is 5. The van der Waals surface area contributed by atoms with Gasteiger partial charge in [0, 0.05) is 12.4 Å². The van der Waals surface area contributed by atoms with Gasteiger partial charge in [-0.15, -0.1) is 0 Å². The van der Waals surface area contributed by atoms with E-state index in [9.17, 15) is 8.42 Å². The van der Waals surface area contributed by atoms with E-state index in [0.717, 1.165) is 0 Å². The zero-order chi connectivity index (χ0) is 14.6. The number of sulfonamides is 1. The fraction of sp³-hybridized carbons (Fsp3) is 0.0909. The highest BCUT2D eigenvalue weighted by atomic mass is 32.2. The summed E-state index contributed by atoms with van der Waals surface area (Å²) in [5.41, 5.74) is 6.28. The third kappa shape index (κ3) is 3.53. The van der Waals surface area contributed by atoms with Crippen molar-refractivity contribution in [1.29, 1.82) is 0 Å². The molecule has 0 aromatic carbocycles. The molecule has 0 bridgehead atoms. The molecule has 104 valence electrons. The predicted octanol–water partition coefficient (Wildman–Crippen LogP) is -0.0157. The van der Waals surface area contributed by atoms with E-state index in [1.54, 1.807) is 12.1 Å². The Balaban J connectivity index is 2.12. The first-order chi connectivity index (χ1) is 9.49. The summed E-state index contributed by atoms with van der Waals surface area (Å²) in [5, 5.41) is 7.45. The second-order valence-electron chi connectivity index (χ2n) is 3.78. The molecule has 2 heterocycles. The molecular weight excluding hydrogens is 298 g/mol. The molecule has 3 N–H and O–H groups in total. The van der Waals surface area contributed by atoms with Crippen molar-refractivity contribution in [2.24, 2.45) is 5.73 Å². The topological polar surface area (TPSA) is 111 Å². The Morgan fingerprint density at radius 2 is 2.15 bits per heavy atom. The standard InChI is InChI=1S/C11H11N5O2S2/c12-11(19)10-4-3-9(7-13-10)20(17,18)15-6-8-2-1-5-14-16-8/h1-5,7,15H,6H2,(H2,12,19). The lowest BCUT2D eigenvalue weighted by atomic mass is 10.3. The number of nitrogens with zero attached hydrogens (tertiary/aromatic N) is 3. The number of nitrogens with one attached hydrogen (secondary N) is 1. The Labute approximate surface area is 121 Å². The first-order valence-electron chi connectivity index (χ1n) is 5.51. The number of nitrogens with two attached hydrogens (primary N) is 1. The monoisotopic (exact) mass is 309 g/mol. The maximum absolute atomic E-state index is 12.0.